The first kappa shape index (κ1) is 13.9. The zero-order valence-corrected chi connectivity index (χ0v) is 12.7. The monoisotopic (exact) mass is 318 g/mol. The largest absolute Gasteiger partial charge is 0.496 e. The van der Waals surface area contributed by atoms with E-state index in [9.17, 15) is 4.79 Å². The van der Waals surface area contributed by atoms with Crippen molar-refractivity contribution in [2.24, 2.45) is 0 Å². The van der Waals surface area contributed by atoms with Gasteiger partial charge in [0.05, 0.1) is 33.6 Å². The van der Waals surface area contributed by atoms with Crippen molar-refractivity contribution in [3.63, 3.8) is 0 Å². The molecule has 0 aliphatic carbocycles. The summed E-state index contributed by atoms with van der Waals surface area (Å²) in [5.41, 5.74) is 3.56. The Hall–Kier alpha value is -2.11. The summed E-state index contributed by atoms with van der Waals surface area (Å²) in [4.78, 5) is 16.6. The molecule has 1 N–H and O–H groups in total. The number of anilines is 1. The van der Waals surface area contributed by atoms with Gasteiger partial charge in [-0.05, 0) is 24.3 Å². The van der Waals surface area contributed by atoms with E-state index >= 15 is 0 Å². The first-order chi connectivity index (χ1) is 10.2. The Bertz CT molecular complexity index is 816. The fraction of sp³-hybridized carbons (Fsp3) is 0.0667. The molecule has 0 aliphatic rings. The Balaban J connectivity index is 1.97. The van der Waals surface area contributed by atoms with Crippen molar-refractivity contribution in [1.82, 2.24) is 4.98 Å². The Morgan fingerprint density at radius 2 is 2.10 bits per heavy atom. The van der Waals surface area contributed by atoms with Crippen LogP contribution in [0.4, 0.5) is 5.69 Å². The van der Waals surface area contributed by atoms with E-state index in [2.05, 4.69) is 10.3 Å². The SMILES string of the molecule is COc1ccccc1C(=O)Nc1ccc(Cl)c2ncsc12. The molecular weight excluding hydrogens is 308 g/mol. The lowest BCUT2D eigenvalue weighted by Crippen LogP contribution is -2.13. The van der Waals surface area contributed by atoms with Gasteiger partial charge in [0, 0.05) is 0 Å². The van der Waals surface area contributed by atoms with Crippen LogP contribution in [-0.4, -0.2) is 18.0 Å². The number of rotatable bonds is 3. The number of benzene rings is 2. The Morgan fingerprint density at radius 1 is 1.29 bits per heavy atom. The zero-order chi connectivity index (χ0) is 14.8. The number of hydrogen-bond donors (Lipinski definition) is 1. The van der Waals surface area contributed by atoms with Crippen LogP contribution in [0.25, 0.3) is 10.2 Å². The zero-order valence-electron chi connectivity index (χ0n) is 11.1. The van der Waals surface area contributed by atoms with Crippen LogP contribution >= 0.6 is 22.9 Å². The number of aromatic nitrogens is 1. The number of para-hydroxylation sites is 1. The summed E-state index contributed by atoms with van der Waals surface area (Å²) in [6.07, 6.45) is 0. The molecule has 0 radical (unpaired) electrons. The molecule has 0 spiro atoms. The Labute approximate surface area is 130 Å². The number of amides is 1. The minimum absolute atomic E-state index is 0.232. The van der Waals surface area contributed by atoms with Gasteiger partial charge in [-0.2, -0.15) is 0 Å². The average Bonchev–Trinajstić information content (AvgIpc) is 3.00. The van der Waals surface area contributed by atoms with E-state index in [4.69, 9.17) is 16.3 Å². The van der Waals surface area contributed by atoms with Gasteiger partial charge >= 0.3 is 0 Å². The first-order valence-corrected chi connectivity index (χ1v) is 7.42. The number of nitrogens with zero attached hydrogens (tertiary/aromatic N) is 1. The van der Waals surface area contributed by atoms with E-state index in [0.29, 0.717) is 27.5 Å². The van der Waals surface area contributed by atoms with Gasteiger partial charge in [-0.3, -0.25) is 4.79 Å². The summed E-state index contributed by atoms with van der Waals surface area (Å²) in [7, 11) is 1.54. The summed E-state index contributed by atoms with van der Waals surface area (Å²) >= 11 is 7.52. The predicted molar refractivity (Wildman–Crippen MR) is 85.6 cm³/mol. The topological polar surface area (TPSA) is 51.2 Å². The molecule has 0 atom stereocenters. The van der Waals surface area contributed by atoms with E-state index in [1.54, 1.807) is 35.8 Å². The highest BCUT2D eigenvalue weighted by Gasteiger charge is 2.14. The number of hydrogen-bond acceptors (Lipinski definition) is 4. The van der Waals surface area contributed by atoms with Crippen LogP contribution in [0.15, 0.2) is 41.9 Å². The minimum atomic E-state index is -0.232. The number of carbonyl (C=O) groups is 1. The second kappa shape index (κ2) is 5.71. The van der Waals surface area contributed by atoms with Gasteiger partial charge in [-0.15, -0.1) is 11.3 Å². The minimum Gasteiger partial charge on any atom is -0.496 e. The lowest BCUT2D eigenvalue weighted by Gasteiger charge is -2.09. The highest BCUT2D eigenvalue weighted by atomic mass is 35.5. The van der Waals surface area contributed by atoms with Crippen LogP contribution < -0.4 is 10.1 Å². The fourth-order valence-corrected chi connectivity index (χ4v) is 3.08. The van der Waals surface area contributed by atoms with Gasteiger partial charge in [0.15, 0.2) is 0 Å². The normalized spacial score (nSPS) is 10.6. The molecule has 106 valence electrons. The van der Waals surface area contributed by atoms with E-state index in [-0.39, 0.29) is 5.91 Å². The van der Waals surface area contributed by atoms with E-state index < -0.39 is 0 Å². The molecule has 4 nitrogen and oxygen atoms in total. The maximum atomic E-state index is 12.4. The van der Waals surface area contributed by atoms with Crippen molar-refractivity contribution in [3.8, 4) is 5.75 Å². The maximum Gasteiger partial charge on any atom is 0.259 e. The third-order valence-corrected chi connectivity index (χ3v) is 4.20. The molecule has 0 fully saturated rings. The highest BCUT2D eigenvalue weighted by Crippen LogP contribution is 2.32. The van der Waals surface area contributed by atoms with Crippen molar-refractivity contribution < 1.29 is 9.53 Å². The molecule has 0 aliphatic heterocycles. The van der Waals surface area contributed by atoms with Crippen LogP contribution in [0.1, 0.15) is 10.4 Å². The summed E-state index contributed by atoms with van der Waals surface area (Å²) in [5, 5.41) is 3.45. The molecule has 6 heteroatoms. The number of ether oxygens (including phenoxy) is 1. The molecule has 0 bridgehead atoms. The number of carbonyl (C=O) groups excluding carboxylic acids is 1. The molecule has 21 heavy (non-hydrogen) atoms. The van der Waals surface area contributed by atoms with Crippen molar-refractivity contribution in [2.45, 2.75) is 0 Å². The Kier molecular flexibility index (Phi) is 3.77. The smallest absolute Gasteiger partial charge is 0.259 e. The van der Waals surface area contributed by atoms with E-state index in [1.807, 2.05) is 6.07 Å². The maximum absolute atomic E-state index is 12.4. The van der Waals surface area contributed by atoms with Crippen LogP contribution in [0.3, 0.4) is 0 Å². The third-order valence-electron chi connectivity index (χ3n) is 3.03. The third kappa shape index (κ3) is 2.57. The molecule has 0 saturated heterocycles. The first-order valence-electron chi connectivity index (χ1n) is 6.17. The van der Waals surface area contributed by atoms with Crippen molar-refractivity contribution in [1.29, 1.82) is 0 Å². The molecule has 0 saturated carbocycles. The standard InChI is InChI=1S/C15H11ClN2O2S/c1-20-12-5-3-2-4-9(12)15(19)18-11-7-6-10(16)13-14(11)21-8-17-13/h2-8H,1H3,(H,18,19). The summed E-state index contributed by atoms with van der Waals surface area (Å²) in [6, 6.07) is 10.6. The van der Waals surface area contributed by atoms with Crippen LogP contribution in [0.5, 0.6) is 5.75 Å². The Morgan fingerprint density at radius 3 is 2.90 bits per heavy atom. The predicted octanol–water partition coefficient (Wildman–Crippen LogP) is 4.21. The summed E-state index contributed by atoms with van der Waals surface area (Å²) < 4.78 is 6.06. The number of halogens is 1. The van der Waals surface area contributed by atoms with Gasteiger partial charge < -0.3 is 10.1 Å². The molecule has 1 heterocycles. The average molecular weight is 319 g/mol. The lowest BCUT2D eigenvalue weighted by molar-refractivity contribution is 0.102. The molecule has 1 aromatic heterocycles. The van der Waals surface area contributed by atoms with Gasteiger partial charge in [0.1, 0.15) is 11.3 Å². The number of thiazole rings is 1. The summed E-state index contributed by atoms with van der Waals surface area (Å²) in [5.74, 6) is 0.300. The molecule has 3 aromatic rings. The van der Waals surface area contributed by atoms with Crippen LogP contribution in [-0.2, 0) is 0 Å². The van der Waals surface area contributed by atoms with Crippen LogP contribution in [0, 0.1) is 0 Å². The van der Waals surface area contributed by atoms with Crippen LogP contribution in [0.2, 0.25) is 5.02 Å². The summed E-state index contributed by atoms with van der Waals surface area (Å²) in [6.45, 7) is 0. The molecule has 0 unspecified atom stereocenters. The van der Waals surface area contributed by atoms with Crippen molar-refractivity contribution in [3.05, 3.63) is 52.5 Å². The number of nitrogens with one attached hydrogen (secondary N) is 1. The van der Waals surface area contributed by atoms with E-state index in [0.717, 1.165) is 4.70 Å². The molecule has 3 rings (SSSR count). The molecular formula is C15H11ClN2O2S. The van der Waals surface area contributed by atoms with Gasteiger partial charge in [0.25, 0.3) is 5.91 Å². The van der Waals surface area contributed by atoms with Gasteiger partial charge in [0.2, 0.25) is 0 Å². The molecule has 1 amide bonds. The quantitative estimate of drug-likeness (QED) is 0.787. The fourth-order valence-electron chi connectivity index (χ4n) is 2.04. The van der Waals surface area contributed by atoms with Crippen molar-refractivity contribution >= 4 is 44.7 Å². The number of methoxy groups -OCH3 is 1. The highest BCUT2D eigenvalue weighted by molar-refractivity contribution is 7.17. The van der Waals surface area contributed by atoms with Crippen molar-refractivity contribution in [2.75, 3.05) is 12.4 Å². The number of fused-ring (bicyclic) bond motifs is 1. The molecule has 2 aromatic carbocycles. The van der Waals surface area contributed by atoms with Gasteiger partial charge in [-0.1, -0.05) is 23.7 Å². The second-order valence-corrected chi connectivity index (χ2v) is 5.54. The second-order valence-electron chi connectivity index (χ2n) is 4.28. The lowest BCUT2D eigenvalue weighted by atomic mass is 10.2. The van der Waals surface area contributed by atoms with E-state index in [1.165, 1.54) is 18.4 Å². The van der Waals surface area contributed by atoms with Gasteiger partial charge in [-0.25, -0.2) is 4.98 Å².